The molecule has 0 radical (unpaired) electrons. The lowest BCUT2D eigenvalue weighted by molar-refractivity contribution is 0.297. The average molecular weight is 162 g/mol. The maximum absolute atomic E-state index is 6.06. The molecule has 2 fully saturated rings. The molecule has 0 aromatic rings. The fraction of sp³-hybridized carbons (Fsp3) is 1.00. The van der Waals surface area contributed by atoms with E-state index >= 15 is 0 Å². The van der Waals surface area contributed by atoms with Crippen LogP contribution < -0.4 is 5.73 Å². The van der Waals surface area contributed by atoms with Gasteiger partial charge in [-0.25, -0.2) is 0 Å². The monoisotopic (exact) mass is 161 g/mol. The normalized spacial score (nSPS) is 51.0. The van der Waals surface area contributed by atoms with Gasteiger partial charge in [0.1, 0.15) is 0 Å². The lowest BCUT2D eigenvalue weighted by Gasteiger charge is -2.29. The van der Waals surface area contributed by atoms with Crippen molar-refractivity contribution in [1.29, 1.82) is 0 Å². The topological polar surface area (TPSA) is 26.0 Å². The first-order chi connectivity index (χ1) is 4.18. The second-order valence-electron chi connectivity index (χ2n) is 4.09. The molecule has 2 N–H and O–H groups in total. The summed E-state index contributed by atoms with van der Waals surface area (Å²) in [6.07, 6.45) is 5.57. The van der Waals surface area contributed by atoms with Gasteiger partial charge in [-0.3, -0.25) is 0 Å². The van der Waals surface area contributed by atoms with Crippen LogP contribution in [0.15, 0.2) is 0 Å². The molecule has 2 aliphatic rings. The van der Waals surface area contributed by atoms with E-state index < -0.39 is 0 Å². The van der Waals surface area contributed by atoms with E-state index in [0.29, 0.717) is 0 Å². The Morgan fingerprint density at radius 1 is 1.40 bits per heavy atom. The molecule has 2 saturated carbocycles. The summed E-state index contributed by atoms with van der Waals surface area (Å²) in [5.74, 6) is 1.85. The zero-order valence-electron chi connectivity index (χ0n) is 6.47. The summed E-state index contributed by atoms with van der Waals surface area (Å²) in [5, 5.41) is 0. The summed E-state index contributed by atoms with van der Waals surface area (Å²) >= 11 is 0. The summed E-state index contributed by atoms with van der Waals surface area (Å²) in [6, 6.07) is 0. The summed E-state index contributed by atoms with van der Waals surface area (Å²) in [4.78, 5) is 0. The van der Waals surface area contributed by atoms with Gasteiger partial charge in [-0.15, -0.1) is 12.4 Å². The molecule has 60 valence electrons. The number of halogens is 1. The molecule has 0 heterocycles. The van der Waals surface area contributed by atoms with Crippen LogP contribution in [-0.4, -0.2) is 5.54 Å². The van der Waals surface area contributed by atoms with Crippen molar-refractivity contribution in [2.45, 2.75) is 38.1 Å². The van der Waals surface area contributed by atoms with Gasteiger partial charge < -0.3 is 5.73 Å². The first kappa shape index (κ1) is 8.35. The second kappa shape index (κ2) is 2.38. The molecule has 2 bridgehead atoms. The number of nitrogens with two attached hydrogens (primary N) is 1. The van der Waals surface area contributed by atoms with E-state index in [4.69, 9.17) is 5.73 Å². The van der Waals surface area contributed by atoms with Crippen LogP contribution in [0.5, 0.6) is 0 Å². The number of hydrogen-bond donors (Lipinski definition) is 1. The summed E-state index contributed by atoms with van der Waals surface area (Å²) in [5.41, 5.74) is 6.27. The van der Waals surface area contributed by atoms with Gasteiger partial charge >= 0.3 is 0 Å². The molecule has 3 unspecified atom stereocenters. The van der Waals surface area contributed by atoms with Crippen molar-refractivity contribution >= 4 is 12.4 Å². The van der Waals surface area contributed by atoms with Crippen LogP contribution in [0.3, 0.4) is 0 Å². The maximum Gasteiger partial charge on any atom is 0.0157 e. The predicted molar refractivity (Wildman–Crippen MR) is 45.3 cm³/mol. The minimum Gasteiger partial charge on any atom is -0.325 e. The van der Waals surface area contributed by atoms with Crippen LogP contribution in [0.1, 0.15) is 32.6 Å². The van der Waals surface area contributed by atoms with Crippen molar-refractivity contribution in [2.75, 3.05) is 0 Å². The Morgan fingerprint density at radius 2 is 2.10 bits per heavy atom. The van der Waals surface area contributed by atoms with Gasteiger partial charge in [-0.05, 0) is 38.0 Å². The van der Waals surface area contributed by atoms with Crippen molar-refractivity contribution in [3.63, 3.8) is 0 Å². The van der Waals surface area contributed by atoms with Gasteiger partial charge in [-0.1, -0.05) is 6.42 Å². The van der Waals surface area contributed by atoms with E-state index in [9.17, 15) is 0 Å². The van der Waals surface area contributed by atoms with Gasteiger partial charge in [0.05, 0.1) is 0 Å². The Balaban J connectivity index is 0.000000500. The highest BCUT2D eigenvalue weighted by molar-refractivity contribution is 5.85. The molecule has 2 aliphatic carbocycles. The van der Waals surface area contributed by atoms with Gasteiger partial charge in [-0.2, -0.15) is 0 Å². The largest absolute Gasteiger partial charge is 0.325 e. The summed E-state index contributed by atoms with van der Waals surface area (Å²) in [7, 11) is 0. The molecule has 2 heteroatoms. The Hall–Kier alpha value is 0.250. The molecule has 10 heavy (non-hydrogen) atoms. The molecule has 0 aliphatic heterocycles. The van der Waals surface area contributed by atoms with Crippen molar-refractivity contribution < 1.29 is 0 Å². The fourth-order valence-electron chi connectivity index (χ4n) is 2.65. The van der Waals surface area contributed by atoms with Crippen molar-refractivity contribution in [3.05, 3.63) is 0 Å². The Kier molecular flexibility index (Phi) is 1.99. The zero-order chi connectivity index (χ0) is 6.48. The van der Waals surface area contributed by atoms with E-state index in [1.807, 2.05) is 0 Å². The van der Waals surface area contributed by atoms with Gasteiger partial charge in [0.15, 0.2) is 0 Å². The van der Waals surface area contributed by atoms with Crippen LogP contribution in [0.25, 0.3) is 0 Å². The Bertz CT molecular complexity index is 133. The lowest BCUT2D eigenvalue weighted by atomic mass is 9.84. The molecule has 0 spiro atoms. The summed E-state index contributed by atoms with van der Waals surface area (Å²) in [6.45, 7) is 2.22. The predicted octanol–water partition coefficient (Wildman–Crippen LogP) is 1.95. The molecule has 0 saturated heterocycles. The Labute approximate surface area is 68.8 Å². The van der Waals surface area contributed by atoms with E-state index in [2.05, 4.69) is 6.92 Å². The molecular formula is C8H16ClN. The molecule has 2 rings (SSSR count). The van der Waals surface area contributed by atoms with Gasteiger partial charge in [0, 0.05) is 5.54 Å². The first-order valence-electron chi connectivity index (χ1n) is 3.97. The van der Waals surface area contributed by atoms with E-state index in [1.165, 1.54) is 25.7 Å². The summed E-state index contributed by atoms with van der Waals surface area (Å²) < 4.78 is 0. The Morgan fingerprint density at radius 3 is 2.30 bits per heavy atom. The highest BCUT2D eigenvalue weighted by Crippen LogP contribution is 2.49. The third-order valence-electron chi connectivity index (χ3n) is 3.20. The van der Waals surface area contributed by atoms with E-state index in [1.54, 1.807) is 0 Å². The molecule has 1 nitrogen and oxygen atoms in total. The molecule has 3 atom stereocenters. The fourth-order valence-corrected chi connectivity index (χ4v) is 2.65. The smallest absolute Gasteiger partial charge is 0.0157 e. The maximum atomic E-state index is 6.06. The van der Waals surface area contributed by atoms with Crippen LogP contribution in [-0.2, 0) is 0 Å². The third kappa shape index (κ3) is 1.06. The van der Waals surface area contributed by atoms with Crippen molar-refractivity contribution in [2.24, 2.45) is 17.6 Å². The highest BCUT2D eigenvalue weighted by atomic mass is 35.5. The minimum absolute atomic E-state index is 0. The lowest BCUT2D eigenvalue weighted by Crippen LogP contribution is -2.41. The molecule has 0 amide bonds. The molecular weight excluding hydrogens is 146 g/mol. The van der Waals surface area contributed by atoms with E-state index in [0.717, 1.165) is 11.8 Å². The number of hydrogen-bond acceptors (Lipinski definition) is 1. The van der Waals surface area contributed by atoms with Crippen LogP contribution in [0.2, 0.25) is 0 Å². The highest BCUT2D eigenvalue weighted by Gasteiger charge is 2.45. The first-order valence-corrected chi connectivity index (χ1v) is 3.97. The average Bonchev–Trinajstić information content (AvgIpc) is 2.19. The third-order valence-corrected chi connectivity index (χ3v) is 3.20. The standard InChI is InChI=1S/C8H15N.ClH/c1-8(9)5-6-2-3-7(8)4-6;/h6-7H,2-5,9H2,1H3;1H. The van der Waals surface area contributed by atoms with Crippen LogP contribution in [0.4, 0.5) is 0 Å². The van der Waals surface area contributed by atoms with Gasteiger partial charge in [0.25, 0.3) is 0 Å². The van der Waals surface area contributed by atoms with Crippen molar-refractivity contribution in [1.82, 2.24) is 0 Å². The van der Waals surface area contributed by atoms with E-state index in [-0.39, 0.29) is 17.9 Å². The quantitative estimate of drug-likeness (QED) is 0.578. The van der Waals surface area contributed by atoms with Gasteiger partial charge in [0.2, 0.25) is 0 Å². The van der Waals surface area contributed by atoms with Crippen LogP contribution in [0, 0.1) is 11.8 Å². The second-order valence-corrected chi connectivity index (χ2v) is 4.09. The SMILES string of the molecule is CC1(N)CC2CCC1C2.Cl. The van der Waals surface area contributed by atoms with Crippen molar-refractivity contribution in [3.8, 4) is 0 Å². The molecule has 0 aromatic carbocycles. The molecule has 0 aromatic heterocycles. The minimum atomic E-state index is 0. The van der Waals surface area contributed by atoms with Crippen LogP contribution >= 0.6 is 12.4 Å². The number of rotatable bonds is 0. The zero-order valence-corrected chi connectivity index (χ0v) is 7.29. The number of fused-ring (bicyclic) bond motifs is 2.